The number of hydrogen-bond acceptors (Lipinski definition) is 9. The van der Waals surface area contributed by atoms with Crippen molar-refractivity contribution in [1.82, 2.24) is 4.98 Å². The summed E-state index contributed by atoms with van der Waals surface area (Å²) in [4.78, 5) is 29.6. The molecule has 0 saturated heterocycles. The van der Waals surface area contributed by atoms with Crippen molar-refractivity contribution >= 4 is 29.0 Å². The molecule has 0 aliphatic rings. The molecule has 0 amide bonds. The Hall–Kier alpha value is -3.98. The lowest BCUT2D eigenvalue weighted by atomic mass is 9.85. The molecule has 0 unspecified atom stereocenters. The highest BCUT2D eigenvalue weighted by Gasteiger charge is 2.31. The number of para-hydroxylation sites is 2. The van der Waals surface area contributed by atoms with Gasteiger partial charge in [-0.1, -0.05) is 55.5 Å². The smallest absolute Gasteiger partial charge is 0.309 e. The Morgan fingerprint density at radius 2 is 1.38 bits per heavy atom. The Bertz CT molecular complexity index is 1280. The molecule has 206 valence electrons. The van der Waals surface area contributed by atoms with Crippen LogP contribution in [-0.4, -0.2) is 49.2 Å². The van der Waals surface area contributed by atoms with Crippen molar-refractivity contribution in [3.05, 3.63) is 77.6 Å². The Morgan fingerprint density at radius 3 is 1.90 bits per heavy atom. The molecule has 0 fully saturated rings. The lowest BCUT2D eigenvalue weighted by Gasteiger charge is -2.28. The lowest BCUT2D eigenvalue weighted by molar-refractivity contribution is -0.153. The van der Waals surface area contributed by atoms with Gasteiger partial charge in [-0.05, 0) is 25.5 Å². The van der Waals surface area contributed by atoms with Crippen LogP contribution in [0.3, 0.4) is 0 Å². The summed E-state index contributed by atoms with van der Waals surface area (Å²) in [6.45, 7) is 4.85. The third kappa shape index (κ3) is 7.11. The lowest BCUT2D eigenvalue weighted by Crippen LogP contribution is -2.28. The normalized spacial score (nSPS) is 12.3. The zero-order valence-corrected chi connectivity index (χ0v) is 23.7. The van der Waals surface area contributed by atoms with Crippen LogP contribution in [0.25, 0.3) is 0 Å². The van der Waals surface area contributed by atoms with Crippen molar-refractivity contribution in [2.24, 2.45) is 5.92 Å². The molecule has 0 radical (unpaired) electrons. The minimum atomic E-state index is -0.603. The van der Waals surface area contributed by atoms with Gasteiger partial charge in [0, 0.05) is 35.2 Å². The van der Waals surface area contributed by atoms with Crippen LogP contribution in [0.5, 0.6) is 23.0 Å². The second-order valence-corrected chi connectivity index (χ2v) is 9.41. The van der Waals surface area contributed by atoms with Gasteiger partial charge in [-0.25, -0.2) is 0 Å². The fraction of sp³-hybridized carbons (Fsp3) is 0.333. The molecule has 2 aromatic carbocycles. The van der Waals surface area contributed by atoms with Crippen molar-refractivity contribution in [3.63, 3.8) is 0 Å². The van der Waals surface area contributed by atoms with Gasteiger partial charge in [-0.15, -0.1) is 0 Å². The van der Waals surface area contributed by atoms with Gasteiger partial charge in [-0.3, -0.25) is 14.6 Å². The molecule has 0 N–H and O–H groups in total. The van der Waals surface area contributed by atoms with E-state index in [1.54, 1.807) is 27.2 Å². The SMILES string of the molecule is COc1ccccc1C(c1ccccc1OC)[C@H](C)OC(=O)[C@H](C)CC(=S)c1nccc(OC)c1OC(C)=O. The maximum atomic E-state index is 13.3. The van der Waals surface area contributed by atoms with Gasteiger partial charge < -0.3 is 23.7 Å². The van der Waals surface area contributed by atoms with Crippen LogP contribution in [0.15, 0.2) is 60.8 Å². The molecule has 3 rings (SSSR count). The second-order valence-electron chi connectivity index (χ2n) is 8.92. The maximum absolute atomic E-state index is 13.3. The predicted octanol–water partition coefficient (Wildman–Crippen LogP) is 5.54. The molecule has 0 bridgehead atoms. The first kappa shape index (κ1) is 29.6. The molecule has 39 heavy (non-hydrogen) atoms. The van der Waals surface area contributed by atoms with Gasteiger partial charge in [0.15, 0.2) is 11.5 Å². The van der Waals surface area contributed by atoms with Gasteiger partial charge >= 0.3 is 11.9 Å². The Balaban J connectivity index is 1.86. The van der Waals surface area contributed by atoms with Crippen LogP contribution in [0, 0.1) is 5.92 Å². The number of pyridine rings is 1. The average Bonchev–Trinajstić information content (AvgIpc) is 2.93. The van der Waals surface area contributed by atoms with E-state index in [0.29, 0.717) is 22.1 Å². The van der Waals surface area contributed by atoms with Crippen molar-refractivity contribution in [2.45, 2.75) is 39.2 Å². The molecule has 0 saturated carbocycles. The van der Waals surface area contributed by atoms with E-state index in [-0.39, 0.29) is 23.8 Å². The van der Waals surface area contributed by atoms with E-state index in [2.05, 4.69) is 4.98 Å². The van der Waals surface area contributed by atoms with E-state index in [1.165, 1.54) is 20.2 Å². The highest BCUT2D eigenvalue weighted by atomic mass is 32.1. The summed E-state index contributed by atoms with van der Waals surface area (Å²) in [5, 5.41) is 0. The summed E-state index contributed by atoms with van der Waals surface area (Å²) >= 11 is 5.60. The quantitative estimate of drug-likeness (QED) is 0.163. The van der Waals surface area contributed by atoms with Crippen molar-refractivity contribution < 1.29 is 33.3 Å². The molecule has 9 heteroatoms. The zero-order chi connectivity index (χ0) is 28.5. The van der Waals surface area contributed by atoms with Crippen LogP contribution < -0.4 is 18.9 Å². The number of benzene rings is 2. The van der Waals surface area contributed by atoms with Crippen molar-refractivity contribution in [1.29, 1.82) is 0 Å². The van der Waals surface area contributed by atoms with Gasteiger partial charge in [0.25, 0.3) is 0 Å². The number of carbonyl (C=O) groups is 2. The fourth-order valence-corrected chi connectivity index (χ4v) is 4.77. The average molecular weight is 552 g/mol. The van der Waals surface area contributed by atoms with E-state index in [4.69, 9.17) is 35.9 Å². The van der Waals surface area contributed by atoms with Crippen LogP contribution in [0.4, 0.5) is 0 Å². The molecule has 3 aromatic rings. The van der Waals surface area contributed by atoms with Crippen LogP contribution >= 0.6 is 12.2 Å². The summed E-state index contributed by atoms with van der Waals surface area (Å²) in [7, 11) is 4.67. The fourth-order valence-electron chi connectivity index (χ4n) is 4.38. The summed E-state index contributed by atoms with van der Waals surface area (Å²) < 4.78 is 27.9. The molecular weight excluding hydrogens is 518 g/mol. The monoisotopic (exact) mass is 551 g/mol. The molecule has 2 atom stereocenters. The molecule has 0 spiro atoms. The highest BCUT2D eigenvalue weighted by molar-refractivity contribution is 7.80. The minimum Gasteiger partial charge on any atom is -0.496 e. The molecule has 1 aromatic heterocycles. The van der Waals surface area contributed by atoms with Gasteiger partial charge in [0.05, 0.1) is 33.2 Å². The number of aromatic nitrogens is 1. The minimum absolute atomic E-state index is 0.124. The zero-order valence-electron chi connectivity index (χ0n) is 22.9. The summed E-state index contributed by atoms with van der Waals surface area (Å²) in [6, 6.07) is 16.8. The third-order valence-corrected chi connectivity index (χ3v) is 6.57. The maximum Gasteiger partial charge on any atom is 0.309 e. The number of carbonyl (C=O) groups excluding carboxylic acids is 2. The van der Waals surface area contributed by atoms with E-state index in [1.807, 2.05) is 55.5 Å². The van der Waals surface area contributed by atoms with Gasteiger partial charge in [-0.2, -0.15) is 0 Å². The number of methoxy groups -OCH3 is 3. The molecule has 0 aliphatic heterocycles. The number of hydrogen-bond donors (Lipinski definition) is 0. The molecule has 8 nitrogen and oxygen atoms in total. The first-order valence-electron chi connectivity index (χ1n) is 12.4. The van der Waals surface area contributed by atoms with Crippen LogP contribution in [0.2, 0.25) is 0 Å². The van der Waals surface area contributed by atoms with Crippen LogP contribution in [-0.2, 0) is 14.3 Å². The number of nitrogens with zero attached hydrogens (tertiary/aromatic N) is 1. The summed E-state index contributed by atoms with van der Waals surface area (Å²) in [5.41, 5.74) is 1.99. The Morgan fingerprint density at radius 1 is 0.846 bits per heavy atom. The Kier molecular flexibility index (Phi) is 10.4. The first-order valence-corrected chi connectivity index (χ1v) is 12.8. The van der Waals surface area contributed by atoms with Gasteiger partial charge in [0.2, 0.25) is 0 Å². The first-order chi connectivity index (χ1) is 18.7. The van der Waals surface area contributed by atoms with Crippen LogP contribution in [0.1, 0.15) is 49.9 Å². The van der Waals surface area contributed by atoms with E-state index in [0.717, 1.165) is 11.1 Å². The van der Waals surface area contributed by atoms with E-state index in [9.17, 15) is 9.59 Å². The van der Waals surface area contributed by atoms with E-state index >= 15 is 0 Å². The Labute approximate surface area is 234 Å². The topological polar surface area (TPSA) is 93.2 Å². The molecular formula is C30H33NO7S. The van der Waals surface area contributed by atoms with E-state index < -0.39 is 24.0 Å². The van der Waals surface area contributed by atoms with Gasteiger partial charge in [0.1, 0.15) is 23.3 Å². The number of thiocarbonyl (C=S) groups is 1. The number of rotatable bonds is 12. The second kappa shape index (κ2) is 13.7. The standard InChI is InChI=1S/C30H33NO7S/c1-18(17-26(39)28-29(38-20(3)32)25(36-6)15-16-31-28)30(33)37-19(2)27(21-11-7-9-13-23(21)34-4)22-12-8-10-14-24(22)35-5/h7-16,18-19,27H,17H2,1-6H3/t18-,19+/m1/s1. The summed E-state index contributed by atoms with van der Waals surface area (Å²) in [5.74, 6) is -0.149. The number of ether oxygens (including phenoxy) is 5. The largest absolute Gasteiger partial charge is 0.496 e. The summed E-state index contributed by atoms with van der Waals surface area (Å²) in [6.07, 6.45) is 1.08. The van der Waals surface area contributed by atoms with Crippen molar-refractivity contribution in [2.75, 3.05) is 21.3 Å². The number of esters is 2. The molecule has 1 heterocycles. The predicted molar refractivity (Wildman–Crippen MR) is 151 cm³/mol. The highest BCUT2D eigenvalue weighted by Crippen LogP contribution is 2.40. The third-order valence-electron chi connectivity index (χ3n) is 6.21. The van der Waals surface area contributed by atoms with Crippen molar-refractivity contribution in [3.8, 4) is 23.0 Å². The molecule has 0 aliphatic carbocycles.